The first-order valence-corrected chi connectivity index (χ1v) is 10.1. The molecule has 0 aliphatic carbocycles. The summed E-state index contributed by atoms with van der Waals surface area (Å²) in [5, 5.41) is 0. The Kier molecular flexibility index (Phi) is 13.9. The number of hydrogen-bond donors (Lipinski definition) is 0. The molecule has 0 aromatic rings. The third kappa shape index (κ3) is 13.2. The van der Waals surface area contributed by atoms with Gasteiger partial charge in [-0.05, 0) is 73.0 Å². The number of carbonyl (C=O) groups excluding carboxylic acids is 2. The lowest BCUT2D eigenvalue weighted by molar-refractivity contribution is -0.146. The summed E-state index contributed by atoms with van der Waals surface area (Å²) < 4.78 is 9.89. The van der Waals surface area contributed by atoms with E-state index in [1.165, 1.54) is 17.2 Å². The Bertz CT molecular complexity index is 704. The van der Waals surface area contributed by atoms with Crippen LogP contribution in [0.2, 0.25) is 0 Å². The van der Waals surface area contributed by atoms with E-state index in [9.17, 15) is 9.59 Å². The molecule has 0 aliphatic heterocycles. The molecule has 0 saturated heterocycles. The van der Waals surface area contributed by atoms with Gasteiger partial charge in [0.25, 0.3) is 0 Å². The molecule has 160 valence electrons. The minimum absolute atomic E-state index is 0.0982. The fraction of sp³-hybridized carbons (Fsp3) is 0.440. The van der Waals surface area contributed by atoms with Crippen LogP contribution in [0.3, 0.4) is 0 Å². The second kappa shape index (κ2) is 15.3. The van der Waals surface area contributed by atoms with Crippen LogP contribution in [0.5, 0.6) is 0 Å². The summed E-state index contributed by atoms with van der Waals surface area (Å²) in [5.41, 5.74) is 4.38. The Morgan fingerprint density at radius 2 is 1.34 bits per heavy atom. The van der Waals surface area contributed by atoms with Crippen molar-refractivity contribution in [2.45, 2.75) is 61.3 Å². The Balaban J connectivity index is 5.15. The highest BCUT2D eigenvalue weighted by atomic mass is 16.6. The quantitative estimate of drug-likeness (QED) is 0.104. The van der Waals surface area contributed by atoms with Crippen molar-refractivity contribution in [2.75, 3.05) is 13.2 Å². The lowest BCUT2D eigenvalue weighted by Gasteiger charge is -2.06. The number of allylic oxidation sites excluding steroid dienone is 11. The van der Waals surface area contributed by atoms with Crippen molar-refractivity contribution < 1.29 is 19.1 Å². The predicted molar refractivity (Wildman–Crippen MR) is 120 cm³/mol. The third-order valence-electron chi connectivity index (χ3n) is 3.80. The SMILES string of the molecule is CCOC(=O)C(=C/C(C)=C/C=C(C)/C=C/C=C(\C)CCC=C(C)C)C(=O)OCC. The van der Waals surface area contributed by atoms with Crippen molar-refractivity contribution in [1.29, 1.82) is 0 Å². The molecule has 4 heteroatoms. The minimum atomic E-state index is -0.673. The molecular weight excluding hydrogens is 364 g/mol. The summed E-state index contributed by atoms with van der Waals surface area (Å²) in [7, 11) is 0. The Morgan fingerprint density at radius 3 is 1.86 bits per heavy atom. The van der Waals surface area contributed by atoms with Gasteiger partial charge in [0.1, 0.15) is 5.57 Å². The van der Waals surface area contributed by atoms with Crippen molar-refractivity contribution in [3.8, 4) is 0 Å². The van der Waals surface area contributed by atoms with Crippen LogP contribution >= 0.6 is 0 Å². The highest BCUT2D eigenvalue weighted by molar-refractivity contribution is 6.14. The van der Waals surface area contributed by atoms with E-state index in [2.05, 4.69) is 32.9 Å². The standard InChI is InChI=1S/C25H36O4/c1-8-28-24(26)23(25(27)29-9-2)18-22(7)17-16-21(6)15-11-14-20(5)13-10-12-19(3)4/h11-12,14-18H,8-10,13H2,1-7H3/b15-11+,20-14+,21-16+,22-17+. The summed E-state index contributed by atoms with van der Waals surface area (Å²) in [6.45, 7) is 13.9. The predicted octanol–water partition coefficient (Wildman–Crippen LogP) is 6.18. The van der Waals surface area contributed by atoms with Gasteiger partial charge in [0.15, 0.2) is 0 Å². The van der Waals surface area contributed by atoms with Gasteiger partial charge in [0.05, 0.1) is 13.2 Å². The number of esters is 2. The summed E-state index contributed by atoms with van der Waals surface area (Å²) >= 11 is 0. The van der Waals surface area contributed by atoms with Crippen LogP contribution in [0.25, 0.3) is 0 Å². The molecule has 0 aromatic heterocycles. The van der Waals surface area contributed by atoms with E-state index in [-0.39, 0.29) is 18.8 Å². The van der Waals surface area contributed by atoms with Crippen molar-refractivity contribution in [2.24, 2.45) is 0 Å². The molecule has 0 radical (unpaired) electrons. The van der Waals surface area contributed by atoms with Gasteiger partial charge in [-0.1, -0.05) is 53.2 Å². The lowest BCUT2D eigenvalue weighted by Crippen LogP contribution is -2.18. The first-order valence-electron chi connectivity index (χ1n) is 10.1. The molecule has 0 heterocycles. The number of carbonyl (C=O) groups is 2. The third-order valence-corrected chi connectivity index (χ3v) is 3.80. The summed E-state index contributed by atoms with van der Waals surface area (Å²) in [5.74, 6) is -1.35. The molecule has 0 amide bonds. The Hall–Kier alpha value is -2.62. The average molecular weight is 401 g/mol. The first kappa shape index (κ1) is 26.4. The number of hydrogen-bond acceptors (Lipinski definition) is 4. The van der Waals surface area contributed by atoms with Crippen LogP contribution < -0.4 is 0 Å². The van der Waals surface area contributed by atoms with Gasteiger partial charge in [-0.2, -0.15) is 0 Å². The molecule has 0 unspecified atom stereocenters. The second-order valence-electron chi connectivity index (χ2n) is 7.01. The van der Waals surface area contributed by atoms with Gasteiger partial charge in [-0.15, -0.1) is 0 Å². The summed E-state index contributed by atoms with van der Waals surface area (Å²) in [6.07, 6.45) is 15.8. The zero-order chi connectivity index (χ0) is 22.2. The van der Waals surface area contributed by atoms with Gasteiger partial charge < -0.3 is 9.47 Å². The molecule has 0 spiro atoms. The Labute approximate surface area is 176 Å². The zero-order valence-electron chi connectivity index (χ0n) is 19.0. The van der Waals surface area contributed by atoms with E-state index in [0.717, 1.165) is 24.0 Å². The molecule has 0 N–H and O–H groups in total. The topological polar surface area (TPSA) is 52.6 Å². The normalized spacial score (nSPS) is 12.6. The largest absolute Gasteiger partial charge is 0.462 e. The second-order valence-corrected chi connectivity index (χ2v) is 7.01. The van der Waals surface area contributed by atoms with Crippen LogP contribution in [0.1, 0.15) is 61.3 Å². The molecule has 4 nitrogen and oxygen atoms in total. The van der Waals surface area contributed by atoms with Gasteiger partial charge in [0.2, 0.25) is 0 Å². The highest BCUT2D eigenvalue weighted by Gasteiger charge is 2.20. The molecule has 0 rings (SSSR count). The van der Waals surface area contributed by atoms with Crippen LogP contribution in [0.4, 0.5) is 0 Å². The molecule has 0 saturated carbocycles. The van der Waals surface area contributed by atoms with Crippen molar-refractivity contribution in [3.05, 3.63) is 70.4 Å². The monoisotopic (exact) mass is 400 g/mol. The van der Waals surface area contributed by atoms with Gasteiger partial charge in [-0.25, -0.2) is 9.59 Å². The van der Waals surface area contributed by atoms with E-state index >= 15 is 0 Å². The van der Waals surface area contributed by atoms with E-state index in [0.29, 0.717) is 0 Å². The van der Waals surface area contributed by atoms with Crippen LogP contribution in [0, 0.1) is 0 Å². The molecule has 0 fully saturated rings. The van der Waals surface area contributed by atoms with E-state index in [1.54, 1.807) is 13.8 Å². The molecule has 0 bridgehead atoms. The molecular formula is C25H36O4. The summed E-state index contributed by atoms with van der Waals surface area (Å²) in [4.78, 5) is 24.0. The maximum Gasteiger partial charge on any atom is 0.345 e. The molecule has 0 aliphatic rings. The number of rotatable bonds is 11. The van der Waals surface area contributed by atoms with Gasteiger partial charge >= 0.3 is 11.9 Å². The van der Waals surface area contributed by atoms with Gasteiger partial charge in [-0.3, -0.25) is 0 Å². The van der Waals surface area contributed by atoms with Crippen molar-refractivity contribution >= 4 is 11.9 Å². The van der Waals surface area contributed by atoms with Crippen LogP contribution in [0.15, 0.2) is 70.4 Å². The van der Waals surface area contributed by atoms with Crippen LogP contribution in [-0.2, 0) is 19.1 Å². The van der Waals surface area contributed by atoms with Crippen molar-refractivity contribution in [3.63, 3.8) is 0 Å². The summed E-state index contributed by atoms with van der Waals surface area (Å²) in [6, 6.07) is 0. The first-order chi connectivity index (χ1) is 13.7. The van der Waals surface area contributed by atoms with E-state index in [4.69, 9.17) is 9.47 Å². The highest BCUT2D eigenvalue weighted by Crippen LogP contribution is 2.10. The van der Waals surface area contributed by atoms with E-state index < -0.39 is 11.9 Å². The van der Waals surface area contributed by atoms with Crippen LogP contribution in [-0.4, -0.2) is 25.2 Å². The lowest BCUT2D eigenvalue weighted by atomic mass is 10.1. The van der Waals surface area contributed by atoms with E-state index in [1.807, 2.05) is 38.2 Å². The zero-order valence-corrected chi connectivity index (χ0v) is 19.0. The molecule has 29 heavy (non-hydrogen) atoms. The fourth-order valence-corrected chi connectivity index (χ4v) is 2.25. The number of ether oxygens (including phenoxy) is 2. The van der Waals surface area contributed by atoms with Crippen molar-refractivity contribution in [1.82, 2.24) is 0 Å². The molecule has 0 aromatic carbocycles. The smallest absolute Gasteiger partial charge is 0.345 e. The fourth-order valence-electron chi connectivity index (χ4n) is 2.25. The maximum atomic E-state index is 12.0. The Morgan fingerprint density at radius 1 is 0.793 bits per heavy atom. The minimum Gasteiger partial charge on any atom is -0.462 e. The molecule has 0 atom stereocenters. The van der Waals surface area contributed by atoms with Gasteiger partial charge in [0, 0.05) is 0 Å². The maximum absolute atomic E-state index is 12.0. The average Bonchev–Trinajstić information content (AvgIpc) is 2.64.